The topological polar surface area (TPSA) is 17.1 Å². The molecule has 1 unspecified atom stereocenters. The van der Waals surface area contributed by atoms with Crippen LogP contribution in [0.2, 0.25) is 0 Å². The molecule has 0 aromatic heterocycles. The van der Waals surface area contributed by atoms with Crippen molar-refractivity contribution in [2.24, 2.45) is 5.92 Å². The lowest BCUT2D eigenvalue weighted by atomic mass is 9.61. The van der Waals surface area contributed by atoms with Crippen molar-refractivity contribution in [3.8, 4) is 0 Å². The van der Waals surface area contributed by atoms with Gasteiger partial charge in [0.25, 0.3) is 0 Å². The summed E-state index contributed by atoms with van der Waals surface area (Å²) < 4.78 is 0. The van der Waals surface area contributed by atoms with Crippen LogP contribution in [-0.4, -0.2) is 6.29 Å². The Hall–Kier alpha value is -2.67. The average molecular weight is 371 g/mol. The van der Waals surface area contributed by atoms with Gasteiger partial charge in [-0.3, -0.25) is 0 Å². The SMILES string of the molecule is CCCCCCC(C=O)C(c1ccccc1)(c1ccccc1)c1ccccc1. The van der Waals surface area contributed by atoms with Crippen LogP contribution in [0.1, 0.15) is 55.7 Å². The molecule has 0 aliphatic rings. The quantitative estimate of drug-likeness (QED) is 0.218. The average Bonchev–Trinajstić information content (AvgIpc) is 2.78. The van der Waals surface area contributed by atoms with Crippen molar-refractivity contribution in [2.45, 2.75) is 44.4 Å². The molecule has 0 radical (unpaired) electrons. The van der Waals surface area contributed by atoms with Gasteiger partial charge in [0, 0.05) is 5.92 Å². The minimum absolute atomic E-state index is 0.114. The van der Waals surface area contributed by atoms with E-state index in [0.717, 1.165) is 12.8 Å². The predicted molar refractivity (Wildman–Crippen MR) is 118 cm³/mol. The third kappa shape index (κ3) is 4.09. The van der Waals surface area contributed by atoms with Crippen LogP contribution in [0.4, 0.5) is 0 Å². The Kier molecular flexibility index (Phi) is 7.19. The third-order valence-electron chi connectivity index (χ3n) is 5.78. The first-order valence-electron chi connectivity index (χ1n) is 10.5. The largest absolute Gasteiger partial charge is 0.303 e. The van der Waals surface area contributed by atoms with Gasteiger partial charge in [0.1, 0.15) is 6.29 Å². The summed E-state index contributed by atoms with van der Waals surface area (Å²) in [5.41, 5.74) is 3.07. The van der Waals surface area contributed by atoms with Gasteiger partial charge in [-0.15, -0.1) is 0 Å². The molecule has 0 fully saturated rings. The molecule has 0 saturated heterocycles. The van der Waals surface area contributed by atoms with Crippen molar-refractivity contribution in [3.63, 3.8) is 0 Å². The monoisotopic (exact) mass is 370 g/mol. The summed E-state index contributed by atoms with van der Waals surface area (Å²) in [5, 5.41) is 0. The number of hydrogen-bond donors (Lipinski definition) is 0. The molecule has 3 rings (SSSR count). The number of rotatable bonds is 10. The van der Waals surface area contributed by atoms with Crippen LogP contribution >= 0.6 is 0 Å². The molecule has 3 aromatic rings. The summed E-state index contributed by atoms with van der Waals surface area (Å²) in [6.45, 7) is 2.22. The molecule has 0 aliphatic carbocycles. The maximum atomic E-state index is 12.5. The normalized spacial score (nSPS) is 12.5. The van der Waals surface area contributed by atoms with Gasteiger partial charge >= 0.3 is 0 Å². The Balaban J connectivity index is 2.20. The van der Waals surface area contributed by atoms with Crippen molar-refractivity contribution in [1.82, 2.24) is 0 Å². The highest BCUT2D eigenvalue weighted by molar-refractivity contribution is 5.65. The first-order chi connectivity index (χ1) is 13.8. The van der Waals surface area contributed by atoms with Gasteiger partial charge in [0.05, 0.1) is 5.41 Å². The van der Waals surface area contributed by atoms with E-state index >= 15 is 0 Å². The Morgan fingerprint density at radius 3 is 1.46 bits per heavy atom. The molecule has 3 aromatic carbocycles. The molecule has 0 bridgehead atoms. The van der Waals surface area contributed by atoms with Crippen molar-refractivity contribution < 1.29 is 4.79 Å². The second kappa shape index (κ2) is 10.0. The van der Waals surface area contributed by atoms with Gasteiger partial charge in [0.15, 0.2) is 0 Å². The Morgan fingerprint density at radius 2 is 1.11 bits per heavy atom. The zero-order chi connectivity index (χ0) is 19.7. The number of carbonyl (C=O) groups is 1. The van der Waals surface area contributed by atoms with Crippen molar-refractivity contribution in [1.29, 1.82) is 0 Å². The fraction of sp³-hybridized carbons (Fsp3) is 0.296. The van der Waals surface area contributed by atoms with Gasteiger partial charge in [-0.1, -0.05) is 124 Å². The molecular weight excluding hydrogens is 340 g/mol. The molecule has 0 heterocycles. The smallest absolute Gasteiger partial charge is 0.124 e. The Morgan fingerprint density at radius 1 is 0.679 bits per heavy atom. The van der Waals surface area contributed by atoms with E-state index in [-0.39, 0.29) is 5.92 Å². The second-order valence-corrected chi connectivity index (χ2v) is 7.50. The first kappa shape index (κ1) is 20.1. The molecule has 1 heteroatoms. The number of unbranched alkanes of at least 4 members (excludes halogenated alkanes) is 3. The van der Waals surface area contributed by atoms with E-state index in [4.69, 9.17) is 0 Å². The van der Waals surface area contributed by atoms with Gasteiger partial charge in [-0.05, 0) is 23.1 Å². The van der Waals surface area contributed by atoms with E-state index < -0.39 is 5.41 Å². The Labute approximate surface area is 169 Å². The van der Waals surface area contributed by atoms with Crippen LogP contribution in [0.3, 0.4) is 0 Å². The van der Waals surface area contributed by atoms with Crippen molar-refractivity contribution in [2.75, 3.05) is 0 Å². The fourth-order valence-electron chi connectivity index (χ4n) is 4.42. The summed E-state index contributed by atoms with van der Waals surface area (Å²) in [5.74, 6) is -0.114. The van der Waals surface area contributed by atoms with E-state index in [9.17, 15) is 4.79 Å². The molecule has 1 nitrogen and oxygen atoms in total. The summed E-state index contributed by atoms with van der Waals surface area (Å²) in [6.07, 6.45) is 6.76. The van der Waals surface area contributed by atoms with Gasteiger partial charge in [-0.25, -0.2) is 0 Å². The predicted octanol–water partition coefficient (Wildman–Crippen LogP) is 6.81. The maximum Gasteiger partial charge on any atom is 0.124 e. The van der Waals surface area contributed by atoms with Crippen LogP contribution in [0, 0.1) is 5.92 Å². The van der Waals surface area contributed by atoms with Crippen LogP contribution < -0.4 is 0 Å². The summed E-state index contributed by atoms with van der Waals surface area (Å²) >= 11 is 0. The number of benzene rings is 3. The fourth-order valence-corrected chi connectivity index (χ4v) is 4.42. The lowest BCUT2D eigenvalue weighted by molar-refractivity contribution is -0.112. The summed E-state index contributed by atoms with van der Waals surface area (Å²) in [4.78, 5) is 12.5. The van der Waals surface area contributed by atoms with E-state index in [1.165, 1.54) is 42.2 Å². The summed E-state index contributed by atoms with van der Waals surface area (Å²) in [7, 11) is 0. The molecular formula is C27H30O. The molecule has 1 atom stereocenters. The second-order valence-electron chi connectivity index (χ2n) is 7.50. The van der Waals surface area contributed by atoms with Crippen LogP contribution in [0.25, 0.3) is 0 Å². The minimum atomic E-state index is -0.474. The van der Waals surface area contributed by atoms with Crippen LogP contribution in [0.15, 0.2) is 91.0 Å². The maximum absolute atomic E-state index is 12.5. The van der Waals surface area contributed by atoms with E-state index in [0.29, 0.717) is 0 Å². The van der Waals surface area contributed by atoms with Gasteiger partial charge < -0.3 is 4.79 Å². The van der Waals surface area contributed by atoms with E-state index in [1.807, 2.05) is 18.2 Å². The highest BCUT2D eigenvalue weighted by Gasteiger charge is 2.43. The third-order valence-corrected chi connectivity index (χ3v) is 5.78. The molecule has 144 valence electrons. The lowest BCUT2D eigenvalue weighted by Crippen LogP contribution is -2.39. The van der Waals surface area contributed by atoms with Crippen molar-refractivity contribution >= 4 is 6.29 Å². The van der Waals surface area contributed by atoms with E-state index in [2.05, 4.69) is 79.7 Å². The van der Waals surface area contributed by atoms with Crippen LogP contribution in [0.5, 0.6) is 0 Å². The van der Waals surface area contributed by atoms with E-state index in [1.54, 1.807) is 0 Å². The van der Waals surface area contributed by atoms with Gasteiger partial charge in [-0.2, -0.15) is 0 Å². The highest BCUT2D eigenvalue weighted by atomic mass is 16.1. The van der Waals surface area contributed by atoms with Gasteiger partial charge in [0.2, 0.25) is 0 Å². The molecule has 0 spiro atoms. The zero-order valence-electron chi connectivity index (χ0n) is 16.8. The minimum Gasteiger partial charge on any atom is -0.303 e. The molecule has 0 N–H and O–H groups in total. The molecule has 0 aliphatic heterocycles. The number of hydrogen-bond acceptors (Lipinski definition) is 1. The molecule has 28 heavy (non-hydrogen) atoms. The number of carbonyl (C=O) groups excluding carboxylic acids is 1. The molecule has 0 saturated carbocycles. The first-order valence-corrected chi connectivity index (χ1v) is 10.5. The molecule has 0 amide bonds. The van der Waals surface area contributed by atoms with Crippen LogP contribution in [-0.2, 0) is 10.2 Å². The number of aldehydes is 1. The Bertz CT molecular complexity index is 727. The summed E-state index contributed by atoms with van der Waals surface area (Å²) in [6, 6.07) is 31.6. The zero-order valence-corrected chi connectivity index (χ0v) is 16.8. The highest BCUT2D eigenvalue weighted by Crippen LogP contribution is 2.46. The lowest BCUT2D eigenvalue weighted by Gasteiger charge is -2.40. The van der Waals surface area contributed by atoms with Crippen molar-refractivity contribution in [3.05, 3.63) is 108 Å². The standard InChI is InChI=1S/C27H30O/c1-2-3-4-8-21-26(22-28)27(23-15-9-5-10-16-23,24-17-11-6-12-18-24)25-19-13-7-14-20-25/h5-7,9-20,22,26H,2-4,8,21H2,1H3.